The highest BCUT2D eigenvalue weighted by atomic mass is 16.3. The first kappa shape index (κ1) is 14.4. The zero-order valence-corrected chi connectivity index (χ0v) is 11.0. The van der Waals surface area contributed by atoms with Crippen molar-refractivity contribution in [1.82, 2.24) is 0 Å². The number of aromatic hydroxyl groups is 2. The largest absolute Gasteiger partial charge is 0.508 e. The fourth-order valence-corrected chi connectivity index (χ4v) is 1.87. The molecule has 0 bridgehead atoms. The van der Waals surface area contributed by atoms with Crippen LogP contribution in [0.15, 0.2) is 12.1 Å². The van der Waals surface area contributed by atoms with Gasteiger partial charge in [0, 0.05) is 24.1 Å². The molecule has 0 unspecified atom stereocenters. The van der Waals surface area contributed by atoms with Crippen molar-refractivity contribution in [1.29, 1.82) is 0 Å². The molecule has 0 fully saturated rings. The second-order valence-corrected chi connectivity index (χ2v) is 4.35. The van der Waals surface area contributed by atoms with Crippen LogP contribution in [0.25, 0.3) is 0 Å². The van der Waals surface area contributed by atoms with Gasteiger partial charge in [0.05, 0.1) is 5.69 Å². The Labute approximate surface area is 108 Å². The van der Waals surface area contributed by atoms with Crippen LogP contribution in [0.3, 0.4) is 0 Å². The van der Waals surface area contributed by atoms with E-state index < -0.39 is 0 Å². The first-order valence-electron chi connectivity index (χ1n) is 6.43. The minimum atomic E-state index is -0.0804. The molecule has 1 aromatic carbocycles. The number of amides is 1. The summed E-state index contributed by atoms with van der Waals surface area (Å²) in [7, 11) is 0. The van der Waals surface area contributed by atoms with E-state index in [9.17, 15) is 15.0 Å². The Bertz CT molecular complexity index is 416. The number of carbonyl (C=O) groups is 1. The molecule has 0 aliphatic carbocycles. The van der Waals surface area contributed by atoms with Gasteiger partial charge in [-0.15, -0.1) is 0 Å². The minimum Gasteiger partial charge on any atom is -0.508 e. The lowest BCUT2D eigenvalue weighted by atomic mass is 10.1. The summed E-state index contributed by atoms with van der Waals surface area (Å²) in [4.78, 5) is 11.7. The number of anilines is 1. The quantitative estimate of drug-likeness (QED) is 0.680. The lowest BCUT2D eigenvalue weighted by Crippen LogP contribution is -2.12. The van der Waals surface area contributed by atoms with E-state index in [-0.39, 0.29) is 17.4 Å². The zero-order valence-electron chi connectivity index (χ0n) is 11.0. The van der Waals surface area contributed by atoms with E-state index in [4.69, 9.17) is 0 Å². The van der Waals surface area contributed by atoms with Crippen LogP contribution in [0.2, 0.25) is 0 Å². The Balaban J connectivity index is 2.74. The van der Waals surface area contributed by atoms with Crippen LogP contribution in [0.5, 0.6) is 11.5 Å². The van der Waals surface area contributed by atoms with E-state index in [0.29, 0.717) is 24.1 Å². The standard InChI is InChI=1S/C14H21NO3/c1-3-5-6-7-14(18)15-12-8-10(16)9-13(17)11(12)4-2/h8-9,16-17H,3-7H2,1-2H3,(H,15,18). The van der Waals surface area contributed by atoms with Crippen molar-refractivity contribution < 1.29 is 15.0 Å². The van der Waals surface area contributed by atoms with Gasteiger partial charge < -0.3 is 15.5 Å². The highest BCUT2D eigenvalue weighted by molar-refractivity contribution is 5.92. The maximum atomic E-state index is 11.7. The Morgan fingerprint density at radius 1 is 1.22 bits per heavy atom. The van der Waals surface area contributed by atoms with Crippen molar-refractivity contribution in [2.45, 2.75) is 46.0 Å². The second-order valence-electron chi connectivity index (χ2n) is 4.35. The highest BCUT2D eigenvalue weighted by Crippen LogP contribution is 2.31. The Morgan fingerprint density at radius 2 is 1.94 bits per heavy atom. The predicted molar refractivity (Wildman–Crippen MR) is 71.9 cm³/mol. The normalized spacial score (nSPS) is 10.3. The molecule has 0 saturated heterocycles. The molecule has 1 amide bonds. The van der Waals surface area contributed by atoms with Crippen LogP contribution in [-0.2, 0) is 11.2 Å². The first-order chi connectivity index (χ1) is 8.58. The van der Waals surface area contributed by atoms with Crippen LogP contribution in [-0.4, -0.2) is 16.1 Å². The number of hydrogen-bond acceptors (Lipinski definition) is 3. The van der Waals surface area contributed by atoms with Gasteiger partial charge in [-0.3, -0.25) is 4.79 Å². The maximum Gasteiger partial charge on any atom is 0.224 e. The lowest BCUT2D eigenvalue weighted by molar-refractivity contribution is -0.116. The minimum absolute atomic E-state index is 0.0151. The van der Waals surface area contributed by atoms with E-state index in [1.807, 2.05) is 6.92 Å². The van der Waals surface area contributed by atoms with Crippen LogP contribution in [0, 0.1) is 0 Å². The topological polar surface area (TPSA) is 69.6 Å². The first-order valence-corrected chi connectivity index (χ1v) is 6.43. The molecule has 0 atom stereocenters. The molecule has 0 aliphatic rings. The summed E-state index contributed by atoms with van der Waals surface area (Å²) >= 11 is 0. The van der Waals surface area contributed by atoms with E-state index in [1.54, 1.807) is 0 Å². The molecular weight excluding hydrogens is 230 g/mol. The molecule has 0 radical (unpaired) electrons. The molecule has 0 spiro atoms. The monoisotopic (exact) mass is 251 g/mol. The summed E-state index contributed by atoms with van der Waals surface area (Å²) in [5.74, 6) is -0.113. The van der Waals surface area contributed by atoms with Crippen LogP contribution in [0.1, 0.15) is 45.1 Å². The van der Waals surface area contributed by atoms with Crippen LogP contribution >= 0.6 is 0 Å². The molecule has 1 rings (SSSR count). The molecule has 1 aromatic rings. The Morgan fingerprint density at radius 3 is 2.56 bits per heavy atom. The highest BCUT2D eigenvalue weighted by Gasteiger charge is 2.11. The second kappa shape index (κ2) is 6.89. The van der Waals surface area contributed by atoms with Crippen LogP contribution < -0.4 is 5.32 Å². The van der Waals surface area contributed by atoms with Gasteiger partial charge in [0.15, 0.2) is 0 Å². The molecule has 100 valence electrons. The number of phenolic OH excluding ortho intramolecular Hbond substituents is 2. The fourth-order valence-electron chi connectivity index (χ4n) is 1.87. The summed E-state index contributed by atoms with van der Waals surface area (Å²) in [5, 5.41) is 21.9. The number of nitrogens with one attached hydrogen (secondary N) is 1. The van der Waals surface area contributed by atoms with Crippen molar-refractivity contribution >= 4 is 11.6 Å². The van der Waals surface area contributed by atoms with E-state index in [1.165, 1.54) is 12.1 Å². The van der Waals surface area contributed by atoms with Crippen molar-refractivity contribution in [2.24, 2.45) is 0 Å². The number of hydrogen-bond donors (Lipinski definition) is 3. The number of carbonyl (C=O) groups excluding carboxylic acids is 1. The van der Waals surface area contributed by atoms with Gasteiger partial charge in [0.2, 0.25) is 5.91 Å². The van der Waals surface area contributed by atoms with Crippen molar-refractivity contribution in [3.05, 3.63) is 17.7 Å². The van der Waals surface area contributed by atoms with Crippen molar-refractivity contribution in [3.63, 3.8) is 0 Å². The van der Waals surface area contributed by atoms with Gasteiger partial charge in [-0.05, 0) is 12.8 Å². The van der Waals surface area contributed by atoms with Gasteiger partial charge in [0.25, 0.3) is 0 Å². The number of unbranched alkanes of at least 4 members (excludes halogenated alkanes) is 2. The van der Waals surface area contributed by atoms with E-state index in [0.717, 1.165) is 19.3 Å². The third kappa shape index (κ3) is 3.95. The number of phenols is 2. The summed E-state index contributed by atoms with van der Waals surface area (Å²) in [6, 6.07) is 2.75. The molecule has 0 aromatic heterocycles. The SMILES string of the molecule is CCCCCC(=O)Nc1cc(O)cc(O)c1CC. The Hall–Kier alpha value is -1.71. The molecule has 4 heteroatoms. The molecule has 4 nitrogen and oxygen atoms in total. The number of benzene rings is 1. The Kier molecular flexibility index (Phi) is 5.49. The third-order valence-corrected chi connectivity index (χ3v) is 2.85. The average Bonchev–Trinajstić information content (AvgIpc) is 2.28. The average molecular weight is 251 g/mol. The summed E-state index contributed by atoms with van der Waals surface area (Å²) in [6.45, 7) is 3.97. The molecule has 18 heavy (non-hydrogen) atoms. The molecule has 0 heterocycles. The van der Waals surface area contributed by atoms with E-state index in [2.05, 4.69) is 12.2 Å². The maximum absolute atomic E-state index is 11.7. The summed E-state index contributed by atoms with van der Waals surface area (Å²) in [5.41, 5.74) is 1.15. The number of rotatable bonds is 6. The van der Waals surface area contributed by atoms with Gasteiger partial charge >= 0.3 is 0 Å². The third-order valence-electron chi connectivity index (χ3n) is 2.85. The van der Waals surface area contributed by atoms with Gasteiger partial charge in [-0.25, -0.2) is 0 Å². The molecule has 0 saturated carbocycles. The molecule has 3 N–H and O–H groups in total. The van der Waals surface area contributed by atoms with Crippen molar-refractivity contribution in [3.8, 4) is 11.5 Å². The van der Waals surface area contributed by atoms with Crippen LogP contribution in [0.4, 0.5) is 5.69 Å². The van der Waals surface area contributed by atoms with Gasteiger partial charge in [0.1, 0.15) is 11.5 Å². The summed E-state index contributed by atoms with van der Waals surface area (Å²) < 4.78 is 0. The van der Waals surface area contributed by atoms with Gasteiger partial charge in [-0.2, -0.15) is 0 Å². The van der Waals surface area contributed by atoms with Gasteiger partial charge in [-0.1, -0.05) is 26.7 Å². The fraction of sp³-hybridized carbons (Fsp3) is 0.500. The van der Waals surface area contributed by atoms with E-state index >= 15 is 0 Å². The predicted octanol–water partition coefficient (Wildman–Crippen LogP) is 3.18. The van der Waals surface area contributed by atoms with Crippen molar-refractivity contribution in [2.75, 3.05) is 5.32 Å². The molecular formula is C14H21NO3. The zero-order chi connectivity index (χ0) is 13.5. The smallest absolute Gasteiger partial charge is 0.224 e. The molecule has 0 aliphatic heterocycles. The summed E-state index contributed by atoms with van der Waals surface area (Å²) in [6.07, 6.45) is 4.01. The lowest BCUT2D eigenvalue weighted by Gasteiger charge is -2.12.